The molecule has 1 heterocycles. The number of carbonyl (C=O) groups excluding carboxylic acids is 1. The van der Waals surface area contributed by atoms with Gasteiger partial charge in [0.2, 0.25) is 5.91 Å². The van der Waals surface area contributed by atoms with Gasteiger partial charge in [0, 0.05) is 18.8 Å². The van der Waals surface area contributed by atoms with Crippen molar-refractivity contribution in [3.05, 3.63) is 29.8 Å². The second-order valence-electron chi connectivity index (χ2n) is 5.26. The van der Waals surface area contributed by atoms with Crippen molar-refractivity contribution >= 4 is 11.6 Å². The molecule has 5 heteroatoms. The fraction of sp³-hybridized carbons (Fsp3) is 0.533. The van der Waals surface area contributed by atoms with Crippen LogP contribution in [-0.4, -0.2) is 37.9 Å². The first-order chi connectivity index (χ1) is 9.60. The molecule has 5 nitrogen and oxygen atoms in total. The van der Waals surface area contributed by atoms with Gasteiger partial charge in [-0.15, -0.1) is 0 Å². The molecule has 1 aromatic carbocycles. The maximum absolute atomic E-state index is 12.1. The Bertz CT molecular complexity index is 447. The molecule has 1 aliphatic heterocycles. The largest absolute Gasteiger partial charge is 0.388 e. The second kappa shape index (κ2) is 6.72. The average molecular weight is 277 g/mol. The summed E-state index contributed by atoms with van der Waals surface area (Å²) >= 11 is 0. The molecule has 3 unspecified atom stereocenters. The Kier molecular flexibility index (Phi) is 4.98. The van der Waals surface area contributed by atoms with Gasteiger partial charge in [0.15, 0.2) is 0 Å². The highest BCUT2D eigenvalue weighted by atomic mass is 16.5. The molecular weight excluding hydrogens is 254 g/mol. The molecule has 0 saturated carbocycles. The zero-order valence-electron chi connectivity index (χ0n) is 12.3. The van der Waals surface area contributed by atoms with E-state index in [4.69, 9.17) is 4.74 Å². The first kappa shape index (κ1) is 14.8. The SMILES string of the molecule is CNc1ccc(CC(C)NC(=O)C2NCOC2C)cc1. The molecule has 3 N–H and O–H groups in total. The van der Waals surface area contributed by atoms with Crippen molar-refractivity contribution in [2.24, 2.45) is 0 Å². The van der Waals surface area contributed by atoms with Crippen LogP contribution in [0.3, 0.4) is 0 Å². The van der Waals surface area contributed by atoms with E-state index in [9.17, 15) is 4.79 Å². The van der Waals surface area contributed by atoms with Crippen LogP contribution >= 0.6 is 0 Å². The van der Waals surface area contributed by atoms with E-state index in [1.807, 2.05) is 33.0 Å². The molecule has 1 fully saturated rings. The van der Waals surface area contributed by atoms with E-state index in [0.29, 0.717) is 6.73 Å². The van der Waals surface area contributed by atoms with Gasteiger partial charge in [0.1, 0.15) is 6.04 Å². The van der Waals surface area contributed by atoms with Crippen LogP contribution in [-0.2, 0) is 16.0 Å². The average Bonchev–Trinajstić information content (AvgIpc) is 2.86. The maximum atomic E-state index is 12.1. The quantitative estimate of drug-likeness (QED) is 0.754. The van der Waals surface area contributed by atoms with Gasteiger partial charge in [-0.2, -0.15) is 0 Å². The van der Waals surface area contributed by atoms with Crippen molar-refractivity contribution in [2.45, 2.75) is 38.5 Å². The molecule has 0 aliphatic carbocycles. The lowest BCUT2D eigenvalue weighted by Crippen LogP contribution is -2.48. The third-order valence-corrected chi connectivity index (χ3v) is 3.57. The lowest BCUT2D eigenvalue weighted by molar-refractivity contribution is -0.124. The van der Waals surface area contributed by atoms with Crippen LogP contribution in [0.5, 0.6) is 0 Å². The van der Waals surface area contributed by atoms with Crippen LogP contribution < -0.4 is 16.0 Å². The van der Waals surface area contributed by atoms with E-state index in [2.05, 4.69) is 28.1 Å². The van der Waals surface area contributed by atoms with Crippen LogP contribution in [0.15, 0.2) is 24.3 Å². The van der Waals surface area contributed by atoms with Crippen LogP contribution in [0, 0.1) is 0 Å². The van der Waals surface area contributed by atoms with Crippen LogP contribution in [0.4, 0.5) is 5.69 Å². The summed E-state index contributed by atoms with van der Waals surface area (Å²) in [5.74, 6) is 0.00865. The van der Waals surface area contributed by atoms with Crippen LogP contribution in [0.25, 0.3) is 0 Å². The number of benzene rings is 1. The minimum Gasteiger partial charge on any atom is -0.388 e. The predicted octanol–water partition coefficient (Wildman–Crippen LogP) is 1.11. The standard InChI is InChI=1S/C15H23N3O2/c1-10(8-12-4-6-13(16-3)7-5-12)18-15(19)14-11(2)20-9-17-14/h4-7,10-11,14,16-17H,8-9H2,1-3H3,(H,18,19). The molecule has 1 amide bonds. The number of carbonyl (C=O) groups is 1. The Hall–Kier alpha value is -1.59. The molecule has 1 aliphatic rings. The van der Waals surface area contributed by atoms with Gasteiger partial charge in [0.05, 0.1) is 12.8 Å². The van der Waals surface area contributed by atoms with Crippen molar-refractivity contribution < 1.29 is 9.53 Å². The number of hydrogen-bond acceptors (Lipinski definition) is 4. The molecule has 0 radical (unpaired) electrons. The molecule has 1 aromatic rings. The number of ether oxygens (including phenoxy) is 1. The van der Waals surface area contributed by atoms with E-state index in [-0.39, 0.29) is 24.1 Å². The van der Waals surface area contributed by atoms with E-state index in [0.717, 1.165) is 12.1 Å². The zero-order chi connectivity index (χ0) is 14.5. The lowest BCUT2D eigenvalue weighted by atomic mass is 10.1. The Labute approximate surface area is 120 Å². The number of nitrogens with one attached hydrogen (secondary N) is 3. The Morgan fingerprint density at radius 1 is 1.45 bits per heavy atom. The fourth-order valence-corrected chi connectivity index (χ4v) is 2.38. The van der Waals surface area contributed by atoms with E-state index >= 15 is 0 Å². The summed E-state index contributed by atoms with van der Waals surface area (Å²) in [6.45, 7) is 4.37. The van der Waals surface area contributed by atoms with Crippen LogP contribution in [0.2, 0.25) is 0 Å². The molecule has 0 spiro atoms. The number of rotatable bonds is 5. The summed E-state index contributed by atoms with van der Waals surface area (Å²) in [5.41, 5.74) is 2.30. The highest BCUT2D eigenvalue weighted by molar-refractivity contribution is 5.82. The molecule has 0 aromatic heterocycles. The minimum absolute atomic E-state index is 0.00865. The van der Waals surface area contributed by atoms with Crippen molar-refractivity contribution in [3.63, 3.8) is 0 Å². The Morgan fingerprint density at radius 3 is 2.70 bits per heavy atom. The molecule has 3 atom stereocenters. The van der Waals surface area contributed by atoms with Gasteiger partial charge < -0.3 is 15.4 Å². The Balaban J connectivity index is 1.85. The summed E-state index contributed by atoms with van der Waals surface area (Å²) in [5, 5.41) is 9.17. The summed E-state index contributed by atoms with van der Waals surface area (Å²) in [6.07, 6.45) is 0.745. The Morgan fingerprint density at radius 2 is 2.15 bits per heavy atom. The number of amides is 1. The van der Waals surface area contributed by atoms with Crippen molar-refractivity contribution in [2.75, 3.05) is 19.1 Å². The number of anilines is 1. The van der Waals surface area contributed by atoms with Gasteiger partial charge in [0.25, 0.3) is 0 Å². The summed E-state index contributed by atoms with van der Waals surface area (Å²) in [6, 6.07) is 8.08. The van der Waals surface area contributed by atoms with E-state index in [1.54, 1.807) is 0 Å². The van der Waals surface area contributed by atoms with Gasteiger partial charge in [-0.1, -0.05) is 12.1 Å². The normalized spacial score (nSPS) is 23.4. The first-order valence-electron chi connectivity index (χ1n) is 7.02. The van der Waals surface area contributed by atoms with Gasteiger partial charge in [-0.3, -0.25) is 10.1 Å². The highest BCUT2D eigenvalue weighted by Gasteiger charge is 2.30. The summed E-state index contributed by atoms with van der Waals surface area (Å²) in [7, 11) is 1.90. The fourth-order valence-electron chi connectivity index (χ4n) is 2.38. The maximum Gasteiger partial charge on any atom is 0.240 e. The van der Waals surface area contributed by atoms with Crippen LogP contribution in [0.1, 0.15) is 19.4 Å². The highest BCUT2D eigenvalue weighted by Crippen LogP contribution is 2.11. The van der Waals surface area contributed by atoms with Gasteiger partial charge >= 0.3 is 0 Å². The molecule has 0 bridgehead atoms. The predicted molar refractivity (Wildman–Crippen MR) is 79.6 cm³/mol. The van der Waals surface area contributed by atoms with Gasteiger partial charge in [-0.05, 0) is 38.0 Å². The van der Waals surface area contributed by atoms with E-state index < -0.39 is 0 Å². The van der Waals surface area contributed by atoms with Crippen molar-refractivity contribution in [3.8, 4) is 0 Å². The van der Waals surface area contributed by atoms with Crippen molar-refractivity contribution in [1.82, 2.24) is 10.6 Å². The minimum atomic E-state index is -0.246. The third-order valence-electron chi connectivity index (χ3n) is 3.57. The smallest absolute Gasteiger partial charge is 0.240 e. The topological polar surface area (TPSA) is 62.4 Å². The molecular formula is C15H23N3O2. The van der Waals surface area contributed by atoms with Gasteiger partial charge in [-0.25, -0.2) is 0 Å². The summed E-state index contributed by atoms with van der Waals surface area (Å²) in [4.78, 5) is 12.1. The second-order valence-corrected chi connectivity index (χ2v) is 5.26. The molecule has 2 rings (SSSR count). The molecule has 1 saturated heterocycles. The monoisotopic (exact) mass is 277 g/mol. The summed E-state index contributed by atoms with van der Waals surface area (Å²) < 4.78 is 5.33. The lowest BCUT2D eigenvalue weighted by Gasteiger charge is -2.19. The zero-order valence-corrected chi connectivity index (χ0v) is 12.3. The van der Waals surface area contributed by atoms with Crippen molar-refractivity contribution in [1.29, 1.82) is 0 Å². The molecule has 20 heavy (non-hydrogen) atoms. The van der Waals surface area contributed by atoms with E-state index in [1.165, 1.54) is 5.56 Å². The first-order valence-corrected chi connectivity index (χ1v) is 7.02. The third kappa shape index (κ3) is 3.71. The molecule has 110 valence electrons. The number of hydrogen-bond donors (Lipinski definition) is 3.